The van der Waals surface area contributed by atoms with Crippen molar-refractivity contribution in [3.63, 3.8) is 0 Å². The maximum Gasteiger partial charge on any atom is 0.0371 e. The number of anilines is 1. The third-order valence-corrected chi connectivity index (χ3v) is 5.33. The van der Waals surface area contributed by atoms with Crippen LogP contribution >= 0.6 is 15.9 Å². The molecule has 2 fully saturated rings. The van der Waals surface area contributed by atoms with Crippen LogP contribution in [-0.4, -0.2) is 17.5 Å². The predicted molar refractivity (Wildman–Crippen MR) is 83.9 cm³/mol. The number of nitrogens with zero attached hydrogens (tertiary/aromatic N) is 1. The Kier molecular flexibility index (Phi) is 4.13. The molecule has 2 N–H and O–H groups in total. The van der Waals surface area contributed by atoms with Crippen molar-refractivity contribution in [2.75, 3.05) is 12.3 Å². The van der Waals surface area contributed by atoms with Gasteiger partial charge < -0.3 is 5.73 Å². The van der Waals surface area contributed by atoms with E-state index in [9.17, 15) is 0 Å². The number of hydrogen-bond acceptors (Lipinski definition) is 2. The summed E-state index contributed by atoms with van der Waals surface area (Å²) in [5.41, 5.74) is 8.36. The predicted octanol–water partition coefficient (Wildman–Crippen LogP) is 4.19. The Morgan fingerprint density at radius 2 is 1.95 bits per heavy atom. The van der Waals surface area contributed by atoms with Crippen molar-refractivity contribution in [1.29, 1.82) is 0 Å². The molecular weight excluding hydrogens is 300 g/mol. The lowest BCUT2D eigenvalue weighted by molar-refractivity contribution is 0.0548. The zero-order chi connectivity index (χ0) is 13.2. The van der Waals surface area contributed by atoms with Crippen LogP contribution in [0.15, 0.2) is 22.7 Å². The second kappa shape index (κ2) is 5.84. The molecule has 1 aromatic rings. The topological polar surface area (TPSA) is 29.3 Å². The van der Waals surface area contributed by atoms with E-state index in [1.807, 2.05) is 6.07 Å². The lowest BCUT2D eigenvalue weighted by Crippen LogP contribution is -2.46. The molecule has 0 unspecified atom stereocenters. The standard InChI is InChI=1S/C16H23BrN2/c17-14-8-7-13(15(18)10-14)11-19-9-3-5-12-4-1-2-6-16(12)19/h7-8,10,12,16H,1-6,9,11,18H2/t12-,16-/m1/s1. The molecule has 0 aromatic heterocycles. The fourth-order valence-corrected chi connectivity index (χ4v) is 4.23. The van der Waals surface area contributed by atoms with Gasteiger partial charge in [0.1, 0.15) is 0 Å². The molecule has 1 saturated carbocycles. The summed E-state index contributed by atoms with van der Waals surface area (Å²) in [6.45, 7) is 2.27. The summed E-state index contributed by atoms with van der Waals surface area (Å²) < 4.78 is 1.07. The number of rotatable bonds is 2. The van der Waals surface area contributed by atoms with Crippen molar-refractivity contribution >= 4 is 21.6 Å². The van der Waals surface area contributed by atoms with Gasteiger partial charge in [0.15, 0.2) is 0 Å². The van der Waals surface area contributed by atoms with Crippen molar-refractivity contribution in [3.8, 4) is 0 Å². The fraction of sp³-hybridized carbons (Fsp3) is 0.625. The van der Waals surface area contributed by atoms with Crippen LogP contribution in [0, 0.1) is 5.92 Å². The molecule has 19 heavy (non-hydrogen) atoms. The zero-order valence-corrected chi connectivity index (χ0v) is 13.0. The summed E-state index contributed by atoms with van der Waals surface area (Å²) in [4.78, 5) is 2.69. The average molecular weight is 323 g/mol. The quantitative estimate of drug-likeness (QED) is 0.827. The molecule has 2 aliphatic rings. The molecule has 104 valence electrons. The molecule has 3 heteroatoms. The fourth-order valence-electron chi connectivity index (χ4n) is 3.85. The van der Waals surface area contributed by atoms with Gasteiger partial charge in [-0.1, -0.05) is 34.8 Å². The van der Waals surface area contributed by atoms with E-state index in [4.69, 9.17) is 5.73 Å². The Labute approximate surface area is 124 Å². The molecule has 1 aromatic carbocycles. The van der Waals surface area contributed by atoms with E-state index in [1.54, 1.807) is 0 Å². The van der Waals surface area contributed by atoms with Crippen molar-refractivity contribution in [1.82, 2.24) is 4.90 Å². The van der Waals surface area contributed by atoms with Crippen LogP contribution in [0.25, 0.3) is 0 Å². The summed E-state index contributed by atoms with van der Waals surface area (Å²) in [5.74, 6) is 0.944. The van der Waals surface area contributed by atoms with Crippen molar-refractivity contribution in [3.05, 3.63) is 28.2 Å². The number of fused-ring (bicyclic) bond motifs is 1. The number of likely N-dealkylation sites (tertiary alicyclic amines) is 1. The van der Waals surface area contributed by atoms with Gasteiger partial charge in [-0.05, 0) is 55.8 Å². The van der Waals surface area contributed by atoms with Gasteiger partial charge in [-0.25, -0.2) is 0 Å². The maximum absolute atomic E-state index is 6.15. The summed E-state index contributed by atoms with van der Waals surface area (Å²) in [6, 6.07) is 7.11. The Morgan fingerprint density at radius 1 is 1.16 bits per heavy atom. The Balaban J connectivity index is 1.74. The van der Waals surface area contributed by atoms with E-state index in [2.05, 4.69) is 33.0 Å². The molecule has 2 atom stereocenters. The summed E-state index contributed by atoms with van der Waals surface area (Å²) in [7, 11) is 0. The molecule has 0 spiro atoms. The molecule has 0 bridgehead atoms. The zero-order valence-electron chi connectivity index (χ0n) is 11.4. The van der Waals surface area contributed by atoms with Crippen LogP contribution in [0.3, 0.4) is 0 Å². The normalized spacial score (nSPS) is 28.1. The molecule has 1 heterocycles. The SMILES string of the molecule is Nc1cc(Br)ccc1CN1CCC[C@H]2CCCC[C@H]21. The second-order valence-corrected chi connectivity index (χ2v) is 6.98. The smallest absolute Gasteiger partial charge is 0.0371 e. The molecule has 0 amide bonds. The summed E-state index contributed by atoms with van der Waals surface area (Å²) >= 11 is 3.48. The van der Waals surface area contributed by atoms with E-state index < -0.39 is 0 Å². The minimum atomic E-state index is 0.811. The van der Waals surface area contributed by atoms with Gasteiger partial charge in [0.25, 0.3) is 0 Å². The van der Waals surface area contributed by atoms with Crippen LogP contribution in [0.5, 0.6) is 0 Å². The second-order valence-electron chi connectivity index (χ2n) is 6.07. The van der Waals surface area contributed by atoms with Gasteiger partial charge in [-0.3, -0.25) is 4.90 Å². The molecule has 3 rings (SSSR count). The first-order valence-electron chi connectivity index (χ1n) is 7.52. The first-order valence-corrected chi connectivity index (χ1v) is 8.31. The van der Waals surface area contributed by atoms with E-state index in [0.717, 1.165) is 28.7 Å². The Hall–Kier alpha value is -0.540. The van der Waals surface area contributed by atoms with Crippen LogP contribution in [0.4, 0.5) is 5.69 Å². The van der Waals surface area contributed by atoms with Gasteiger partial charge in [0.05, 0.1) is 0 Å². The highest BCUT2D eigenvalue weighted by atomic mass is 79.9. The van der Waals surface area contributed by atoms with Gasteiger partial charge in [0.2, 0.25) is 0 Å². The lowest BCUT2D eigenvalue weighted by Gasteiger charge is -2.44. The molecule has 1 saturated heterocycles. The molecule has 1 aliphatic heterocycles. The van der Waals surface area contributed by atoms with Crippen LogP contribution in [-0.2, 0) is 6.54 Å². The third-order valence-electron chi connectivity index (χ3n) is 4.84. The maximum atomic E-state index is 6.15. The highest BCUT2D eigenvalue weighted by Gasteiger charge is 2.33. The van der Waals surface area contributed by atoms with Crippen LogP contribution in [0.1, 0.15) is 44.1 Å². The number of halogens is 1. The Bertz CT molecular complexity index is 444. The lowest BCUT2D eigenvalue weighted by atomic mass is 9.78. The molecule has 0 radical (unpaired) electrons. The van der Waals surface area contributed by atoms with E-state index in [0.29, 0.717) is 0 Å². The van der Waals surface area contributed by atoms with E-state index in [-0.39, 0.29) is 0 Å². The monoisotopic (exact) mass is 322 g/mol. The number of piperidine rings is 1. The number of hydrogen-bond donors (Lipinski definition) is 1. The molecule has 1 aliphatic carbocycles. The number of benzene rings is 1. The van der Waals surface area contributed by atoms with Crippen molar-refractivity contribution in [2.45, 2.75) is 51.1 Å². The van der Waals surface area contributed by atoms with Crippen molar-refractivity contribution in [2.24, 2.45) is 5.92 Å². The number of nitrogens with two attached hydrogens (primary N) is 1. The highest BCUT2D eigenvalue weighted by molar-refractivity contribution is 9.10. The minimum absolute atomic E-state index is 0.811. The summed E-state index contributed by atoms with van der Waals surface area (Å²) in [5, 5.41) is 0. The van der Waals surface area contributed by atoms with E-state index in [1.165, 1.54) is 50.6 Å². The van der Waals surface area contributed by atoms with Crippen LogP contribution < -0.4 is 5.73 Å². The molecule has 2 nitrogen and oxygen atoms in total. The molecular formula is C16H23BrN2. The average Bonchev–Trinajstić information content (AvgIpc) is 2.42. The highest BCUT2D eigenvalue weighted by Crippen LogP contribution is 2.36. The Morgan fingerprint density at radius 3 is 2.79 bits per heavy atom. The largest absolute Gasteiger partial charge is 0.398 e. The van der Waals surface area contributed by atoms with Gasteiger partial charge in [0, 0.05) is 22.7 Å². The summed E-state index contributed by atoms with van der Waals surface area (Å²) in [6.07, 6.45) is 8.48. The van der Waals surface area contributed by atoms with Gasteiger partial charge in [-0.2, -0.15) is 0 Å². The van der Waals surface area contributed by atoms with Gasteiger partial charge in [-0.15, -0.1) is 0 Å². The van der Waals surface area contributed by atoms with Crippen LogP contribution in [0.2, 0.25) is 0 Å². The van der Waals surface area contributed by atoms with Gasteiger partial charge >= 0.3 is 0 Å². The first-order chi connectivity index (χ1) is 9.24. The number of nitrogen functional groups attached to an aromatic ring is 1. The van der Waals surface area contributed by atoms with E-state index >= 15 is 0 Å². The minimum Gasteiger partial charge on any atom is -0.398 e. The van der Waals surface area contributed by atoms with Crippen molar-refractivity contribution < 1.29 is 0 Å². The first kappa shape index (κ1) is 13.4. The third kappa shape index (κ3) is 2.97.